The number of anilines is 1. The summed E-state index contributed by atoms with van der Waals surface area (Å²) in [6.07, 6.45) is 4.52. The van der Waals surface area contributed by atoms with Crippen molar-refractivity contribution >= 4 is 35.0 Å². The molecule has 1 aromatic rings. The van der Waals surface area contributed by atoms with Gasteiger partial charge in [-0.2, -0.15) is 0 Å². The second kappa shape index (κ2) is 7.23. The van der Waals surface area contributed by atoms with Crippen LogP contribution in [0.4, 0.5) is 5.69 Å². The van der Waals surface area contributed by atoms with Gasteiger partial charge in [-0.3, -0.25) is 4.79 Å². The number of hydrogen-bond donors (Lipinski definition) is 1. The highest BCUT2D eigenvalue weighted by Crippen LogP contribution is 2.29. The van der Waals surface area contributed by atoms with Gasteiger partial charge in [0, 0.05) is 28.2 Å². The van der Waals surface area contributed by atoms with E-state index in [1.54, 1.807) is 12.1 Å². The molecule has 2 N–H and O–H groups in total. The third kappa shape index (κ3) is 3.83. The molecule has 20 heavy (non-hydrogen) atoms. The topological polar surface area (TPSA) is 46.3 Å². The van der Waals surface area contributed by atoms with Gasteiger partial charge >= 0.3 is 0 Å². The largest absolute Gasteiger partial charge is 0.398 e. The number of carbonyl (C=O) groups is 1. The monoisotopic (exact) mass is 312 g/mol. The van der Waals surface area contributed by atoms with Crippen molar-refractivity contribution in [2.45, 2.75) is 43.5 Å². The minimum absolute atomic E-state index is 0.209. The summed E-state index contributed by atoms with van der Waals surface area (Å²) in [6.45, 7) is 3.04. The van der Waals surface area contributed by atoms with E-state index < -0.39 is 0 Å². The Morgan fingerprint density at radius 1 is 1.50 bits per heavy atom. The number of carbonyl (C=O) groups excluding carboxylic acids is 1. The Morgan fingerprint density at radius 2 is 2.30 bits per heavy atom. The van der Waals surface area contributed by atoms with E-state index in [9.17, 15) is 4.79 Å². The molecule has 1 amide bonds. The number of hydrogen-bond acceptors (Lipinski definition) is 3. The molecule has 3 nitrogen and oxygen atoms in total. The predicted molar refractivity (Wildman–Crippen MR) is 86.2 cm³/mol. The molecule has 2 rings (SSSR count). The molecule has 5 heteroatoms. The zero-order valence-corrected chi connectivity index (χ0v) is 13.3. The zero-order chi connectivity index (χ0) is 14.5. The smallest absolute Gasteiger partial charge is 0.233 e. The number of nitrogens with zero attached hydrogens (tertiary/aromatic N) is 1. The molecule has 1 heterocycles. The van der Waals surface area contributed by atoms with E-state index >= 15 is 0 Å². The number of benzene rings is 1. The summed E-state index contributed by atoms with van der Waals surface area (Å²) in [7, 11) is 0. The van der Waals surface area contributed by atoms with Crippen molar-refractivity contribution in [2.75, 3.05) is 18.0 Å². The van der Waals surface area contributed by atoms with Crippen LogP contribution in [-0.4, -0.2) is 29.1 Å². The first kappa shape index (κ1) is 15.5. The predicted octanol–water partition coefficient (Wildman–Crippen LogP) is 3.81. The van der Waals surface area contributed by atoms with Gasteiger partial charge in [-0.05, 0) is 43.9 Å². The lowest BCUT2D eigenvalue weighted by molar-refractivity contribution is -0.132. The lowest BCUT2D eigenvalue weighted by atomic mass is 10.0. The Hall–Kier alpha value is -0.870. The van der Waals surface area contributed by atoms with E-state index in [4.69, 9.17) is 17.3 Å². The molecule has 0 saturated carbocycles. The molecule has 1 aliphatic heterocycles. The molecule has 1 fully saturated rings. The molecule has 0 aromatic heterocycles. The minimum atomic E-state index is 0.209. The average molecular weight is 313 g/mol. The van der Waals surface area contributed by atoms with E-state index in [1.165, 1.54) is 18.2 Å². The van der Waals surface area contributed by atoms with Gasteiger partial charge in [0.2, 0.25) is 5.91 Å². The standard InChI is InChI=1S/C15H21ClN2OS/c1-2-12-5-3-4-8-18(12)15(19)10-20-14-9-11(16)6-7-13(14)17/h6-7,9,12H,2-5,8,10,17H2,1H3. The van der Waals surface area contributed by atoms with Crippen LogP contribution in [0.15, 0.2) is 23.1 Å². The van der Waals surface area contributed by atoms with Gasteiger partial charge in [-0.25, -0.2) is 0 Å². The van der Waals surface area contributed by atoms with Gasteiger partial charge in [0.05, 0.1) is 5.75 Å². The second-order valence-electron chi connectivity index (χ2n) is 5.12. The van der Waals surface area contributed by atoms with E-state index in [1.807, 2.05) is 11.0 Å². The highest BCUT2D eigenvalue weighted by Gasteiger charge is 2.25. The lowest BCUT2D eigenvalue weighted by Gasteiger charge is -2.35. The first-order valence-corrected chi connectivity index (χ1v) is 8.45. The summed E-state index contributed by atoms with van der Waals surface area (Å²) in [6, 6.07) is 5.78. The number of nitrogen functional groups attached to an aromatic ring is 1. The molecule has 1 atom stereocenters. The molecular formula is C15H21ClN2OS. The van der Waals surface area contributed by atoms with E-state index in [0.717, 1.165) is 30.7 Å². The van der Waals surface area contributed by atoms with Gasteiger partial charge in [-0.1, -0.05) is 18.5 Å². The number of amides is 1. The number of piperidine rings is 1. The van der Waals surface area contributed by atoms with Crippen molar-refractivity contribution in [2.24, 2.45) is 0 Å². The van der Waals surface area contributed by atoms with E-state index in [2.05, 4.69) is 6.92 Å². The van der Waals surface area contributed by atoms with Crippen LogP contribution in [-0.2, 0) is 4.79 Å². The SMILES string of the molecule is CCC1CCCCN1C(=O)CSc1cc(Cl)ccc1N. The number of rotatable bonds is 4. The van der Waals surface area contributed by atoms with Crippen molar-refractivity contribution in [1.82, 2.24) is 4.90 Å². The summed E-state index contributed by atoms with van der Waals surface area (Å²) < 4.78 is 0. The molecule has 1 aromatic carbocycles. The maximum Gasteiger partial charge on any atom is 0.233 e. The fraction of sp³-hybridized carbons (Fsp3) is 0.533. The van der Waals surface area contributed by atoms with E-state index in [0.29, 0.717) is 22.5 Å². The molecule has 0 radical (unpaired) electrons. The Labute approximate surface area is 129 Å². The Bertz CT molecular complexity index is 481. The summed E-state index contributed by atoms with van der Waals surface area (Å²) in [5.41, 5.74) is 6.58. The summed E-state index contributed by atoms with van der Waals surface area (Å²) in [4.78, 5) is 15.3. The number of likely N-dealkylation sites (tertiary alicyclic amines) is 1. The third-order valence-corrected chi connectivity index (χ3v) is 5.04. The van der Waals surface area contributed by atoms with Crippen LogP contribution in [0.1, 0.15) is 32.6 Å². The first-order chi connectivity index (χ1) is 9.61. The fourth-order valence-electron chi connectivity index (χ4n) is 2.61. The first-order valence-electron chi connectivity index (χ1n) is 7.09. The van der Waals surface area contributed by atoms with Gasteiger partial charge in [0.25, 0.3) is 0 Å². The van der Waals surface area contributed by atoms with Gasteiger partial charge < -0.3 is 10.6 Å². The van der Waals surface area contributed by atoms with Crippen LogP contribution in [0.3, 0.4) is 0 Å². The van der Waals surface area contributed by atoms with Crippen LogP contribution in [0, 0.1) is 0 Å². The third-order valence-electron chi connectivity index (χ3n) is 3.75. The van der Waals surface area contributed by atoms with Gasteiger partial charge in [-0.15, -0.1) is 11.8 Å². The second-order valence-corrected chi connectivity index (χ2v) is 6.57. The van der Waals surface area contributed by atoms with Crippen molar-refractivity contribution in [3.63, 3.8) is 0 Å². The summed E-state index contributed by atoms with van der Waals surface area (Å²) in [5.74, 6) is 0.641. The number of halogens is 1. The molecule has 0 aliphatic carbocycles. The van der Waals surface area contributed by atoms with Gasteiger partial charge in [0.15, 0.2) is 0 Å². The summed E-state index contributed by atoms with van der Waals surface area (Å²) in [5, 5.41) is 0.651. The van der Waals surface area contributed by atoms with Crippen molar-refractivity contribution in [3.05, 3.63) is 23.2 Å². The van der Waals surface area contributed by atoms with Crippen molar-refractivity contribution in [3.8, 4) is 0 Å². The quantitative estimate of drug-likeness (QED) is 0.679. The summed E-state index contributed by atoms with van der Waals surface area (Å²) >= 11 is 7.44. The number of nitrogens with two attached hydrogens (primary N) is 1. The normalized spacial score (nSPS) is 19.1. The van der Waals surface area contributed by atoms with Gasteiger partial charge in [0.1, 0.15) is 0 Å². The Balaban J connectivity index is 1.95. The Morgan fingerprint density at radius 3 is 3.05 bits per heavy atom. The highest BCUT2D eigenvalue weighted by atomic mass is 35.5. The molecule has 1 aliphatic rings. The Kier molecular flexibility index (Phi) is 5.61. The maximum absolute atomic E-state index is 12.4. The van der Waals surface area contributed by atoms with Crippen LogP contribution in [0.2, 0.25) is 5.02 Å². The maximum atomic E-state index is 12.4. The van der Waals surface area contributed by atoms with Crippen LogP contribution in [0.5, 0.6) is 0 Å². The molecule has 1 saturated heterocycles. The molecular weight excluding hydrogens is 292 g/mol. The molecule has 1 unspecified atom stereocenters. The minimum Gasteiger partial charge on any atom is -0.398 e. The highest BCUT2D eigenvalue weighted by molar-refractivity contribution is 8.00. The molecule has 110 valence electrons. The van der Waals surface area contributed by atoms with Crippen LogP contribution in [0.25, 0.3) is 0 Å². The lowest BCUT2D eigenvalue weighted by Crippen LogP contribution is -2.44. The zero-order valence-electron chi connectivity index (χ0n) is 11.8. The number of thioether (sulfide) groups is 1. The molecule has 0 bridgehead atoms. The molecule has 0 spiro atoms. The van der Waals surface area contributed by atoms with Crippen LogP contribution < -0.4 is 5.73 Å². The fourth-order valence-corrected chi connectivity index (χ4v) is 3.74. The average Bonchev–Trinajstić information content (AvgIpc) is 2.47. The van der Waals surface area contributed by atoms with Crippen LogP contribution >= 0.6 is 23.4 Å². The van der Waals surface area contributed by atoms with Crippen molar-refractivity contribution < 1.29 is 4.79 Å². The van der Waals surface area contributed by atoms with E-state index in [-0.39, 0.29) is 5.91 Å². The van der Waals surface area contributed by atoms with Crippen molar-refractivity contribution in [1.29, 1.82) is 0 Å².